The van der Waals surface area contributed by atoms with E-state index in [0.717, 1.165) is 18.5 Å². The van der Waals surface area contributed by atoms with Crippen molar-refractivity contribution in [3.05, 3.63) is 59.4 Å². The molecule has 0 amide bonds. The van der Waals surface area contributed by atoms with Crippen LogP contribution in [-0.2, 0) is 6.42 Å². The van der Waals surface area contributed by atoms with Gasteiger partial charge < -0.3 is 0 Å². The Bertz CT molecular complexity index is 587. The number of aryl methyl sites for hydroxylation is 1. The van der Waals surface area contributed by atoms with Gasteiger partial charge in [-0.3, -0.25) is 21.2 Å². The first-order chi connectivity index (χ1) is 9.31. The Hall–Kier alpha value is -1.85. The van der Waals surface area contributed by atoms with Crippen LogP contribution in [0.5, 0.6) is 0 Å². The summed E-state index contributed by atoms with van der Waals surface area (Å²) in [5, 5.41) is 0. The molecule has 0 aromatic carbocycles. The van der Waals surface area contributed by atoms with E-state index in [0.29, 0.717) is 5.56 Å². The zero-order chi connectivity index (χ0) is 13.2. The molecule has 19 heavy (non-hydrogen) atoms. The van der Waals surface area contributed by atoms with E-state index >= 15 is 0 Å². The predicted octanol–water partition coefficient (Wildman–Crippen LogP) is 1.85. The Kier molecular flexibility index (Phi) is 3.23. The molecular weight excluding hydrogens is 243 g/mol. The third-order valence-electron chi connectivity index (χ3n) is 3.72. The van der Waals surface area contributed by atoms with E-state index in [1.165, 1.54) is 11.8 Å². The van der Waals surface area contributed by atoms with Gasteiger partial charge in [-0.25, -0.2) is 4.39 Å². The SMILES string of the molecule is NNC(c1ccncc1F)C1CCc2cccnc21. The maximum absolute atomic E-state index is 13.9. The number of fused-ring (bicyclic) bond motifs is 1. The van der Waals surface area contributed by atoms with E-state index in [9.17, 15) is 4.39 Å². The Labute approximate surface area is 110 Å². The van der Waals surface area contributed by atoms with Gasteiger partial charge in [0.05, 0.1) is 12.2 Å². The number of hydrogen-bond donors (Lipinski definition) is 2. The van der Waals surface area contributed by atoms with Crippen LogP contribution in [0.4, 0.5) is 4.39 Å². The molecule has 4 nitrogen and oxygen atoms in total. The fraction of sp³-hybridized carbons (Fsp3) is 0.286. The lowest BCUT2D eigenvalue weighted by atomic mass is 9.91. The lowest BCUT2D eigenvalue weighted by molar-refractivity contribution is 0.427. The Morgan fingerprint density at radius 2 is 2.26 bits per heavy atom. The summed E-state index contributed by atoms with van der Waals surface area (Å²) in [4.78, 5) is 8.20. The topological polar surface area (TPSA) is 63.8 Å². The molecule has 2 unspecified atom stereocenters. The van der Waals surface area contributed by atoms with Crippen LogP contribution in [0.25, 0.3) is 0 Å². The summed E-state index contributed by atoms with van der Waals surface area (Å²) in [6.45, 7) is 0. The lowest BCUT2D eigenvalue weighted by Crippen LogP contribution is -2.33. The molecule has 1 aliphatic carbocycles. The number of hydrogen-bond acceptors (Lipinski definition) is 4. The van der Waals surface area contributed by atoms with Gasteiger partial charge >= 0.3 is 0 Å². The van der Waals surface area contributed by atoms with Crippen LogP contribution in [0.3, 0.4) is 0 Å². The molecule has 3 rings (SSSR count). The molecule has 0 saturated carbocycles. The summed E-state index contributed by atoms with van der Waals surface area (Å²) in [6, 6.07) is 5.39. The number of aromatic nitrogens is 2. The highest BCUT2D eigenvalue weighted by Gasteiger charge is 2.32. The molecule has 5 heteroatoms. The first kappa shape index (κ1) is 12.2. The van der Waals surface area contributed by atoms with Gasteiger partial charge in [-0.15, -0.1) is 0 Å². The van der Waals surface area contributed by atoms with Crippen molar-refractivity contribution in [3.8, 4) is 0 Å². The number of hydrazine groups is 1. The highest BCUT2D eigenvalue weighted by Crippen LogP contribution is 2.40. The maximum Gasteiger partial charge on any atom is 0.146 e. The van der Waals surface area contributed by atoms with E-state index in [4.69, 9.17) is 5.84 Å². The quantitative estimate of drug-likeness (QED) is 0.651. The standard InChI is InChI=1S/C14H15FN4/c15-12-8-17-7-5-10(12)14(19-16)11-4-3-9-2-1-6-18-13(9)11/h1-2,5-8,11,14,19H,3-4,16H2. The van der Waals surface area contributed by atoms with Gasteiger partial charge in [0.25, 0.3) is 0 Å². The van der Waals surface area contributed by atoms with Crippen LogP contribution in [0.15, 0.2) is 36.8 Å². The van der Waals surface area contributed by atoms with Gasteiger partial charge in [0.1, 0.15) is 5.82 Å². The first-order valence-electron chi connectivity index (χ1n) is 6.30. The third kappa shape index (κ3) is 2.11. The second-order valence-electron chi connectivity index (χ2n) is 4.73. The number of nitrogens with zero attached hydrogens (tertiary/aromatic N) is 2. The summed E-state index contributed by atoms with van der Waals surface area (Å²) >= 11 is 0. The minimum Gasteiger partial charge on any atom is -0.271 e. The molecule has 2 aromatic heterocycles. The summed E-state index contributed by atoms with van der Waals surface area (Å²) in [7, 11) is 0. The summed E-state index contributed by atoms with van der Waals surface area (Å²) in [5.74, 6) is 5.40. The van der Waals surface area contributed by atoms with Crippen molar-refractivity contribution >= 4 is 0 Å². The highest BCUT2D eigenvalue weighted by molar-refractivity contribution is 5.33. The molecule has 0 aliphatic heterocycles. The molecule has 98 valence electrons. The Morgan fingerprint density at radius 1 is 1.37 bits per heavy atom. The largest absolute Gasteiger partial charge is 0.271 e. The molecule has 0 bridgehead atoms. The zero-order valence-electron chi connectivity index (χ0n) is 10.4. The van der Waals surface area contributed by atoms with Gasteiger partial charge in [-0.05, 0) is 30.5 Å². The smallest absolute Gasteiger partial charge is 0.146 e. The predicted molar refractivity (Wildman–Crippen MR) is 69.6 cm³/mol. The average molecular weight is 258 g/mol. The van der Waals surface area contributed by atoms with Crippen molar-refractivity contribution in [1.29, 1.82) is 0 Å². The van der Waals surface area contributed by atoms with Crippen molar-refractivity contribution in [1.82, 2.24) is 15.4 Å². The second-order valence-corrected chi connectivity index (χ2v) is 4.73. The average Bonchev–Trinajstić information content (AvgIpc) is 2.86. The fourth-order valence-electron chi connectivity index (χ4n) is 2.83. The summed E-state index contributed by atoms with van der Waals surface area (Å²) in [6.07, 6.45) is 6.44. The fourth-order valence-corrected chi connectivity index (χ4v) is 2.83. The number of nitrogens with one attached hydrogen (secondary N) is 1. The molecule has 2 atom stereocenters. The van der Waals surface area contributed by atoms with E-state index in [2.05, 4.69) is 21.5 Å². The van der Waals surface area contributed by atoms with Crippen LogP contribution >= 0.6 is 0 Å². The molecule has 0 fully saturated rings. The van der Waals surface area contributed by atoms with Crippen LogP contribution in [0.1, 0.15) is 35.2 Å². The summed E-state index contributed by atoms with van der Waals surface area (Å²) < 4.78 is 13.9. The van der Waals surface area contributed by atoms with E-state index in [1.807, 2.05) is 6.07 Å². The van der Waals surface area contributed by atoms with E-state index < -0.39 is 0 Å². The van der Waals surface area contributed by atoms with Gasteiger partial charge in [-0.2, -0.15) is 0 Å². The monoisotopic (exact) mass is 258 g/mol. The van der Waals surface area contributed by atoms with Gasteiger partial charge in [0.2, 0.25) is 0 Å². The molecule has 2 aromatic rings. The van der Waals surface area contributed by atoms with Crippen LogP contribution in [-0.4, -0.2) is 9.97 Å². The normalized spacial score (nSPS) is 19.2. The summed E-state index contributed by atoms with van der Waals surface area (Å²) in [5.41, 5.74) is 5.52. The number of nitrogens with two attached hydrogens (primary N) is 1. The minimum atomic E-state index is -0.338. The zero-order valence-corrected chi connectivity index (χ0v) is 10.4. The maximum atomic E-state index is 13.9. The molecule has 1 aliphatic rings. The van der Waals surface area contributed by atoms with Gasteiger partial charge in [0.15, 0.2) is 0 Å². The van der Waals surface area contributed by atoms with E-state index in [1.54, 1.807) is 18.5 Å². The Balaban J connectivity index is 1.99. The molecule has 3 N–H and O–H groups in total. The molecule has 0 radical (unpaired) electrons. The Morgan fingerprint density at radius 3 is 3.05 bits per heavy atom. The third-order valence-corrected chi connectivity index (χ3v) is 3.72. The molecular formula is C14H15FN4. The van der Waals surface area contributed by atoms with Crippen LogP contribution in [0, 0.1) is 5.82 Å². The van der Waals surface area contributed by atoms with Crippen molar-refractivity contribution in [3.63, 3.8) is 0 Å². The van der Waals surface area contributed by atoms with Gasteiger partial charge in [-0.1, -0.05) is 6.07 Å². The highest BCUT2D eigenvalue weighted by atomic mass is 19.1. The van der Waals surface area contributed by atoms with Crippen molar-refractivity contribution in [2.75, 3.05) is 0 Å². The number of pyridine rings is 2. The van der Waals surface area contributed by atoms with E-state index in [-0.39, 0.29) is 17.8 Å². The first-order valence-corrected chi connectivity index (χ1v) is 6.30. The van der Waals surface area contributed by atoms with Crippen molar-refractivity contribution < 1.29 is 4.39 Å². The second kappa shape index (κ2) is 5.03. The van der Waals surface area contributed by atoms with Crippen LogP contribution in [0.2, 0.25) is 0 Å². The van der Waals surface area contributed by atoms with Crippen LogP contribution < -0.4 is 11.3 Å². The lowest BCUT2D eigenvalue weighted by Gasteiger charge is -2.23. The minimum absolute atomic E-state index is 0.0955. The molecule has 2 heterocycles. The number of rotatable bonds is 3. The molecule has 0 saturated heterocycles. The van der Waals surface area contributed by atoms with Crippen molar-refractivity contribution in [2.24, 2.45) is 5.84 Å². The number of halogens is 1. The van der Waals surface area contributed by atoms with Crippen molar-refractivity contribution in [2.45, 2.75) is 24.8 Å². The molecule has 0 spiro atoms. The van der Waals surface area contributed by atoms with Gasteiger partial charge in [0, 0.05) is 29.6 Å².